The van der Waals surface area contributed by atoms with Gasteiger partial charge in [-0.2, -0.15) is 0 Å². The second-order valence-corrected chi connectivity index (χ2v) is 3.85. The Morgan fingerprint density at radius 2 is 2.12 bits per heavy atom. The van der Waals surface area contributed by atoms with Crippen LogP contribution in [0.4, 0.5) is 0 Å². The first-order valence-electron chi connectivity index (χ1n) is 5.76. The van der Waals surface area contributed by atoms with Gasteiger partial charge in [-0.15, -0.1) is 6.58 Å². The minimum Gasteiger partial charge on any atom is -0.375 e. The summed E-state index contributed by atoms with van der Waals surface area (Å²) in [5.74, 6) is 0. The SMILES string of the molecule is C=CCCC(COCc1ccccc1)NC. The highest BCUT2D eigenvalue weighted by atomic mass is 16.5. The van der Waals surface area contributed by atoms with Crippen molar-refractivity contribution in [3.63, 3.8) is 0 Å². The number of ether oxygens (including phenoxy) is 1. The molecule has 0 fully saturated rings. The lowest BCUT2D eigenvalue weighted by Crippen LogP contribution is -2.30. The molecule has 0 bridgehead atoms. The highest BCUT2D eigenvalue weighted by Crippen LogP contribution is 2.03. The van der Waals surface area contributed by atoms with Crippen LogP contribution in [0, 0.1) is 0 Å². The van der Waals surface area contributed by atoms with E-state index < -0.39 is 0 Å². The predicted octanol–water partition coefficient (Wildman–Crippen LogP) is 2.76. The topological polar surface area (TPSA) is 21.3 Å². The van der Waals surface area contributed by atoms with Crippen LogP contribution in [0.25, 0.3) is 0 Å². The molecule has 0 amide bonds. The van der Waals surface area contributed by atoms with E-state index in [1.165, 1.54) is 5.56 Å². The van der Waals surface area contributed by atoms with Crippen molar-refractivity contribution < 1.29 is 4.74 Å². The van der Waals surface area contributed by atoms with Crippen LogP contribution >= 0.6 is 0 Å². The van der Waals surface area contributed by atoms with Gasteiger partial charge in [0, 0.05) is 6.04 Å². The van der Waals surface area contributed by atoms with Crippen LogP contribution in [0.2, 0.25) is 0 Å². The van der Waals surface area contributed by atoms with Gasteiger partial charge in [0.05, 0.1) is 13.2 Å². The Morgan fingerprint density at radius 3 is 2.75 bits per heavy atom. The fraction of sp³-hybridized carbons (Fsp3) is 0.429. The monoisotopic (exact) mass is 219 g/mol. The van der Waals surface area contributed by atoms with Crippen molar-refractivity contribution in [2.75, 3.05) is 13.7 Å². The van der Waals surface area contributed by atoms with Crippen LogP contribution in [0.1, 0.15) is 18.4 Å². The summed E-state index contributed by atoms with van der Waals surface area (Å²) < 4.78 is 5.67. The fourth-order valence-electron chi connectivity index (χ4n) is 1.52. The molecule has 1 N–H and O–H groups in total. The second kappa shape index (κ2) is 8.08. The lowest BCUT2D eigenvalue weighted by atomic mass is 10.1. The summed E-state index contributed by atoms with van der Waals surface area (Å²) in [6.45, 7) is 5.16. The van der Waals surface area contributed by atoms with Gasteiger partial charge >= 0.3 is 0 Å². The molecule has 0 saturated carbocycles. The van der Waals surface area contributed by atoms with Crippen molar-refractivity contribution in [1.29, 1.82) is 0 Å². The third-order valence-corrected chi connectivity index (χ3v) is 2.56. The Bertz CT molecular complexity index is 284. The van der Waals surface area contributed by atoms with E-state index in [0.29, 0.717) is 12.6 Å². The van der Waals surface area contributed by atoms with Gasteiger partial charge < -0.3 is 10.1 Å². The molecule has 2 heteroatoms. The molecule has 0 radical (unpaired) electrons. The minimum absolute atomic E-state index is 0.418. The number of likely N-dealkylation sites (N-methyl/N-ethyl adjacent to an activating group) is 1. The van der Waals surface area contributed by atoms with Crippen LogP contribution in [-0.2, 0) is 11.3 Å². The Morgan fingerprint density at radius 1 is 1.38 bits per heavy atom. The number of allylic oxidation sites excluding steroid dienone is 1. The average Bonchev–Trinajstić information content (AvgIpc) is 2.35. The number of benzene rings is 1. The van der Waals surface area contributed by atoms with Crippen LogP contribution in [0.15, 0.2) is 43.0 Å². The second-order valence-electron chi connectivity index (χ2n) is 3.85. The maximum absolute atomic E-state index is 5.67. The van der Waals surface area contributed by atoms with Crippen molar-refractivity contribution in [1.82, 2.24) is 5.32 Å². The molecular weight excluding hydrogens is 198 g/mol. The standard InChI is InChI=1S/C14H21NO/c1-3-4-10-14(15-2)12-16-11-13-8-6-5-7-9-13/h3,5-9,14-15H,1,4,10-12H2,2H3. The van der Waals surface area contributed by atoms with E-state index in [2.05, 4.69) is 24.0 Å². The van der Waals surface area contributed by atoms with Crippen LogP contribution < -0.4 is 5.32 Å². The first-order chi connectivity index (χ1) is 7.86. The summed E-state index contributed by atoms with van der Waals surface area (Å²) in [5.41, 5.74) is 1.22. The van der Waals surface area contributed by atoms with Gasteiger partial charge in [0.1, 0.15) is 0 Å². The molecule has 0 aliphatic carbocycles. The summed E-state index contributed by atoms with van der Waals surface area (Å²) >= 11 is 0. The zero-order valence-corrected chi connectivity index (χ0v) is 9.99. The van der Waals surface area contributed by atoms with Gasteiger partial charge in [0.15, 0.2) is 0 Å². The molecule has 0 heterocycles. The molecule has 88 valence electrons. The van der Waals surface area contributed by atoms with Crippen molar-refractivity contribution in [3.05, 3.63) is 48.6 Å². The van der Waals surface area contributed by atoms with Crippen LogP contribution in [0.3, 0.4) is 0 Å². The number of hydrogen-bond donors (Lipinski definition) is 1. The van der Waals surface area contributed by atoms with E-state index in [9.17, 15) is 0 Å². The summed E-state index contributed by atoms with van der Waals surface area (Å²) in [6, 6.07) is 10.7. The van der Waals surface area contributed by atoms with Crippen LogP contribution in [-0.4, -0.2) is 19.7 Å². The Labute approximate surface area is 98.3 Å². The summed E-state index contributed by atoms with van der Waals surface area (Å²) in [6.07, 6.45) is 4.05. The predicted molar refractivity (Wildman–Crippen MR) is 68.4 cm³/mol. The van der Waals surface area contributed by atoms with Crippen molar-refractivity contribution in [2.45, 2.75) is 25.5 Å². The fourth-order valence-corrected chi connectivity index (χ4v) is 1.52. The highest BCUT2D eigenvalue weighted by Gasteiger charge is 2.04. The van der Waals surface area contributed by atoms with Gasteiger partial charge in [0.25, 0.3) is 0 Å². The van der Waals surface area contributed by atoms with Crippen molar-refractivity contribution in [3.8, 4) is 0 Å². The lowest BCUT2D eigenvalue weighted by Gasteiger charge is -2.15. The van der Waals surface area contributed by atoms with Gasteiger partial charge in [-0.1, -0.05) is 36.4 Å². The molecule has 0 aromatic heterocycles. The van der Waals surface area contributed by atoms with E-state index in [1.807, 2.05) is 31.3 Å². The molecule has 1 aromatic rings. The molecule has 0 spiro atoms. The number of rotatable bonds is 8. The Hall–Kier alpha value is -1.12. The van der Waals surface area contributed by atoms with E-state index >= 15 is 0 Å². The summed E-state index contributed by atoms with van der Waals surface area (Å²) in [4.78, 5) is 0. The zero-order valence-electron chi connectivity index (χ0n) is 9.99. The molecule has 1 atom stereocenters. The average molecular weight is 219 g/mol. The number of hydrogen-bond acceptors (Lipinski definition) is 2. The highest BCUT2D eigenvalue weighted by molar-refractivity contribution is 5.13. The maximum Gasteiger partial charge on any atom is 0.0717 e. The third-order valence-electron chi connectivity index (χ3n) is 2.56. The molecular formula is C14H21NO. The normalized spacial score (nSPS) is 12.3. The maximum atomic E-state index is 5.67. The lowest BCUT2D eigenvalue weighted by molar-refractivity contribution is 0.0986. The number of nitrogens with one attached hydrogen (secondary N) is 1. The largest absolute Gasteiger partial charge is 0.375 e. The molecule has 1 aromatic carbocycles. The van der Waals surface area contributed by atoms with Crippen molar-refractivity contribution in [2.24, 2.45) is 0 Å². The summed E-state index contributed by atoms with van der Waals surface area (Å²) in [5, 5.41) is 3.25. The molecule has 1 rings (SSSR count). The smallest absolute Gasteiger partial charge is 0.0717 e. The van der Waals surface area contributed by atoms with Gasteiger partial charge in [-0.05, 0) is 25.5 Å². The van der Waals surface area contributed by atoms with E-state index in [1.54, 1.807) is 0 Å². The summed E-state index contributed by atoms with van der Waals surface area (Å²) in [7, 11) is 1.97. The van der Waals surface area contributed by atoms with Gasteiger partial charge in [-0.3, -0.25) is 0 Å². The van der Waals surface area contributed by atoms with Gasteiger partial charge in [0.2, 0.25) is 0 Å². The molecule has 1 unspecified atom stereocenters. The van der Waals surface area contributed by atoms with E-state index in [0.717, 1.165) is 19.4 Å². The molecule has 0 aliphatic heterocycles. The minimum atomic E-state index is 0.418. The molecule has 0 aliphatic rings. The van der Waals surface area contributed by atoms with Crippen LogP contribution in [0.5, 0.6) is 0 Å². The molecule has 16 heavy (non-hydrogen) atoms. The molecule has 2 nitrogen and oxygen atoms in total. The Balaban J connectivity index is 2.20. The first-order valence-corrected chi connectivity index (χ1v) is 5.76. The van der Waals surface area contributed by atoms with E-state index in [4.69, 9.17) is 4.74 Å². The quantitative estimate of drug-likeness (QED) is 0.679. The third kappa shape index (κ3) is 5.10. The van der Waals surface area contributed by atoms with E-state index in [-0.39, 0.29) is 0 Å². The van der Waals surface area contributed by atoms with Crippen molar-refractivity contribution >= 4 is 0 Å². The Kier molecular flexibility index (Phi) is 6.54. The zero-order chi connectivity index (χ0) is 11.6. The first kappa shape index (κ1) is 12.9. The molecule has 0 saturated heterocycles. The van der Waals surface area contributed by atoms with Gasteiger partial charge in [-0.25, -0.2) is 0 Å².